The molecule has 2 heterocycles. The number of aryl methyl sites for hydroxylation is 1. The van der Waals surface area contributed by atoms with Crippen molar-refractivity contribution in [1.82, 2.24) is 9.88 Å². The molecule has 0 bridgehead atoms. The number of anilines is 1. The van der Waals surface area contributed by atoms with E-state index >= 15 is 0 Å². The summed E-state index contributed by atoms with van der Waals surface area (Å²) in [5.74, 6) is -0.390. The molecule has 0 fully saturated rings. The molecule has 1 aromatic carbocycles. The van der Waals surface area contributed by atoms with Crippen LogP contribution in [0.3, 0.4) is 0 Å². The first kappa shape index (κ1) is 13.8. The summed E-state index contributed by atoms with van der Waals surface area (Å²) in [5.41, 5.74) is 2.09. The van der Waals surface area contributed by atoms with E-state index in [1.165, 1.54) is 11.3 Å². The number of thiazole rings is 1. The lowest BCUT2D eigenvalue weighted by molar-refractivity contribution is -0.120. The van der Waals surface area contributed by atoms with E-state index in [0.717, 1.165) is 16.3 Å². The molecule has 0 aliphatic carbocycles. The molecule has 1 aliphatic heterocycles. The number of para-hydroxylation sites is 1. The molecule has 21 heavy (non-hydrogen) atoms. The zero-order chi connectivity index (χ0) is 15.0. The van der Waals surface area contributed by atoms with E-state index in [-0.39, 0.29) is 11.8 Å². The summed E-state index contributed by atoms with van der Waals surface area (Å²) in [4.78, 5) is 30.6. The summed E-state index contributed by atoms with van der Waals surface area (Å²) in [6, 6.07) is 7.00. The van der Waals surface area contributed by atoms with Gasteiger partial charge in [-0.3, -0.25) is 9.59 Å². The number of carbonyl (C=O) groups is 2. The molecule has 3 rings (SSSR count). The minimum Gasteiger partial charge on any atom is -0.324 e. The predicted molar refractivity (Wildman–Crippen MR) is 81.3 cm³/mol. The minimum atomic E-state index is -0.535. The first-order valence-corrected chi connectivity index (χ1v) is 7.56. The highest BCUT2D eigenvalue weighted by Gasteiger charge is 2.31. The molecule has 1 N–H and O–H groups in total. The van der Waals surface area contributed by atoms with Crippen molar-refractivity contribution in [2.24, 2.45) is 0 Å². The van der Waals surface area contributed by atoms with Crippen LogP contribution in [0.5, 0.6) is 0 Å². The molecule has 0 saturated carbocycles. The molecule has 108 valence electrons. The molecule has 6 heteroatoms. The van der Waals surface area contributed by atoms with E-state index in [9.17, 15) is 9.59 Å². The fourth-order valence-corrected chi connectivity index (χ4v) is 2.92. The van der Waals surface area contributed by atoms with Crippen molar-refractivity contribution in [3.8, 4) is 0 Å². The summed E-state index contributed by atoms with van der Waals surface area (Å²) in [6.45, 7) is 3.99. The van der Waals surface area contributed by atoms with Crippen LogP contribution in [-0.2, 0) is 11.3 Å². The van der Waals surface area contributed by atoms with E-state index in [2.05, 4.69) is 10.3 Å². The van der Waals surface area contributed by atoms with Gasteiger partial charge in [-0.15, -0.1) is 11.3 Å². The van der Waals surface area contributed by atoms with E-state index in [1.54, 1.807) is 17.2 Å². The van der Waals surface area contributed by atoms with Gasteiger partial charge in [0.05, 0.1) is 5.01 Å². The molecule has 1 aliphatic rings. The van der Waals surface area contributed by atoms with Gasteiger partial charge >= 0.3 is 0 Å². The van der Waals surface area contributed by atoms with Crippen LogP contribution in [0.4, 0.5) is 5.69 Å². The Labute approximate surface area is 126 Å². The average Bonchev–Trinajstić information content (AvgIpc) is 2.86. The monoisotopic (exact) mass is 301 g/mol. The zero-order valence-corrected chi connectivity index (χ0v) is 12.6. The Hall–Kier alpha value is -2.21. The number of nitrogens with one attached hydrogen (secondary N) is 1. The average molecular weight is 301 g/mol. The Morgan fingerprint density at radius 2 is 2.19 bits per heavy atom. The summed E-state index contributed by atoms with van der Waals surface area (Å²) in [5, 5.41) is 5.44. The van der Waals surface area contributed by atoms with Gasteiger partial charge < -0.3 is 10.2 Å². The van der Waals surface area contributed by atoms with E-state index in [0.29, 0.717) is 12.2 Å². The number of nitrogens with zero attached hydrogens (tertiary/aromatic N) is 2. The van der Waals surface area contributed by atoms with Crippen LogP contribution in [0, 0.1) is 6.92 Å². The number of aromatic nitrogens is 1. The van der Waals surface area contributed by atoms with Gasteiger partial charge in [-0.25, -0.2) is 4.98 Å². The Morgan fingerprint density at radius 3 is 2.90 bits per heavy atom. The minimum absolute atomic E-state index is 0.180. The molecule has 0 radical (unpaired) electrons. The van der Waals surface area contributed by atoms with Crippen molar-refractivity contribution in [3.63, 3.8) is 0 Å². The molecule has 5 nitrogen and oxygen atoms in total. The summed E-state index contributed by atoms with van der Waals surface area (Å²) in [6.07, 6.45) is 0. The number of carbonyl (C=O) groups excluding carboxylic acids is 2. The third-order valence-corrected chi connectivity index (χ3v) is 4.34. The highest BCUT2D eigenvalue weighted by molar-refractivity contribution is 7.09. The van der Waals surface area contributed by atoms with Crippen LogP contribution in [0.2, 0.25) is 0 Å². The number of fused-ring (bicyclic) bond motifs is 1. The van der Waals surface area contributed by atoms with E-state index in [1.807, 2.05) is 31.2 Å². The summed E-state index contributed by atoms with van der Waals surface area (Å²) < 4.78 is 0. The lowest BCUT2D eigenvalue weighted by Gasteiger charge is -2.24. The second-order valence-corrected chi connectivity index (χ2v) is 6.07. The summed E-state index contributed by atoms with van der Waals surface area (Å²) in [7, 11) is 0. The maximum absolute atomic E-state index is 12.6. The van der Waals surface area contributed by atoms with Crippen LogP contribution in [-0.4, -0.2) is 27.7 Å². The van der Waals surface area contributed by atoms with E-state index in [4.69, 9.17) is 0 Å². The highest BCUT2D eigenvalue weighted by atomic mass is 32.1. The normalized spacial score (nSPS) is 17.9. The first-order chi connectivity index (χ1) is 10.1. The van der Waals surface area contributed by atoms with Gasteiger partial charge in [0.15, 0.2) is 0 Å². The zero-order valence-electron chi connectivity index (χ0n) is 11.8. The third-order valence-electron chi connectivity index (χ3n) is 3.56. The van der Waals surface area contributed by atoms with Crippen molar-refractivity contribution >= 4 is 28.8 Å². The van der Waals surface area contributed by atoms with Gasteiger partial charge in [-0.1, -0.05) is 18.2 Å². The number of amides is 2. The number of hydrogen-bond donors (Lipinski definition) is 1. The molecule has 2 aromatic rings. The quantitative estimate of drug-likeness (QED) is 0.880. The second-order valence-electron chi connectivity index (χ2n) is 5.01. The van der Waals surface area contributed by atoms with Gasteiger partial charge in [0.2, 0.25) is 5.91 Å². The van der Waals surface area contributed by atoms with Crippen LogP contribution in [0.25, 0.3) is 0 Å². The number of hydrogen-bond acceptors (Lipinski definition) is 4. The lowest BCUT2D eigenvalue weighted by Crippen LogP contribution is -2.43. The van der Waals surface area contributed by atoms with Crippen molar-refractivity contribution in [3.05, 3.63) is 45.9 Å². The van der Waals surface area contributed by atoms with Gasteiger partial charge in [-0.05, 0) is 25.5 Å². The van der Waals surface area contributed by atoms with Crippen molar-refractivity contribution in [2.45, 2.75) is 26.4 Å². The van der Waals surface area contributed by atoms with Gasteiger partial charge in [0.1, 0.15) is 11.7 Å². The smallest absolute Gasteiger partial charge is 0.274 e. The SMILES string of the molecule is Cc1nc(C(=O)N2Cc3ccccc3NC(=O)C2C)cs1. The molecule has 0 spiro atoms. The standard InChI is InChI=1S/C15H15N3O2S/c1-9-14(19)17-12-6-4-3-5-11(12)7-18(9)15(20)13-8-21-10(2)16-13/h3-6,8-9H,7H2,1-2H3,(H,17,19). The molecule has 1 aromatic heterocycles. The first-order valence-electron chi connectivity index (χ1n) is 6.68. The summed E-state index contributed by atoms with van der Waals surface area (Å²) >= 11 is 1.43. The molecule has 1 atom stereocenters. The Morgan fingerprint density at radius 1 is 1.43 bits per heavy atom. The maximum Gasteiger partial charge on any atom is 0.274 e. The molecule has 0 saturated heterocycles. The van der Waals surface area contributed by atoms with Crippen LogP contribution in [0.15, 0.2) is 29.6 Å². The Kier molecular flexibility index (Phi) is 3.47. The van der Waals surface area contributed by atoms with Crippen LogP contribution < -0.4 is 5.32 Å². The maximum atomic E-state index is 12.6. The lowest BCUT2D eigenvalue weighted by atomic mass is 10.1. The number of benzene rings is 1. The molecule has 2 amide bonds. The van der Waals surface area contributed by atoms with Crippen molar-refractivity contribution in [2.75, 3.05) is 5.32 Å². The fourth-order valence-electron chi connectivity index (χ4n) is 2.34. The topological polar surface area (TPSA) is 62.3 Å². The predicted octanol–water partition coefficient (Wildman–Crippen LogP) is 2.43. The Bertz CT molecular complexity index is 710. The second kappa shape index (κ2) is 5.29. The van der Waals surface area contributed by atoms with Crippen LogP contribution in [0.1, 0.15) is 28.0 Å². The largest absolute Gasteiger partial charge is 0.324 e. The van der Waals surface area contributed by atoms with Gasteiger partial charge in [-0.2, -0.15) is 0 Å². The Balaban J connectivity index is 1.97. The van der Waals surface area contributed by atoms with Crippen molar-refractivity contribution in [1.29, 1.82) is 0 Å². The van der Waals surface area contributed by atoms with E-state index < -0.39 is 6.04 Å². The molecule has 1 unspecified atom stereocenters. The highest BCUT2D eigenvalue weighted by Crippen LogP contribution is 2.24. The van der Waals surface area contributed by atoms with Gasteiger partial charge in [0.25, 0.3) is 5.91 Å². The molecular formula is C15H15N3O2S. The van der Waals surface area contributed by atoms with Gasteiger partial charge in [0, 0.05) is 17.6 Å². The third kappa shape index (κ3) is 2.54. The number of rotatable bonds is 1. The fraction of sp³-hybridized carbons (Fsp3) is 0.267. The van der Waals surface area contributed by atoms with Crippen molar-refractivity contribution < 1.29 is 9.59 Å². The van der Waals surface area contributed by atoms with Crippen LogP contribution >= 0.6 is 11.3 Å². The molecular weight excluding hydrogens is 286 g/mol.